The van der Waals surface area contributed by atoms with E-state index in [4.69, 9.17) is 4.74 Å². The summed E-state index contributed by atoms with van der Waals surface area (Å²) in [5.41, 5.74) is 3.00. The average Bonchev–Trinajstić information content (AvgIpc) is 2.93. The van der Waals surface area contributed by atoms with Gasteiger partial charge in [0.15, 0.2) is 6.10 Å². The van der Waals surface area contributed by atoms with E-state index in [0.717, 1.165) is 11.1 Å². The maximum atomic E-state index is 12.3. The number of amidine groups is 1. The summed E-state index contributed by atoms with van der Waals surface area (Å²) in [6.45, 7) is 4.86. The molecule has 0 aromatic heterocycles. The van der Waals surface area contributed by atoms with Gasteiger partial charge in [0, 0.05) is 11.3 Å². The number of benzene rings is 2. The molecule has 152 valence electrons. The molecule has 1 heterocycles. The van der Waals surface area contributed by atoms with Crippen LogP contribution in [0.5, 0.6) is 0 Å². The molecule has 1 amide bonds. The van der Waals surface area contributed by atoms with Crippen molar-refractivity contribution in [2.45, 2.75) is 31.8 Å². The fraction of sp³-hybridized carbons (Fsp3) is 0.250. The molecule has 0 aliphatic carbocycles. The zero-order valence-electron chi connectivity index (χ0n) is 16.2. The topological polar surface area (TPSA) is 114 Å². The van der Waals surface area contributed by atoms with Crippen LogP contribution in [0.3, 0.4) is 0 Å². The van der Waals surface area contributed by atoms with E-state index < -0.39 is 34.5 Å². The molecular weight excluding hydrogens is 394 g/mol. The molecule has 0 bridgehead atoms. The van der Waals surface area contributed by atoms with E-state index in [1.54, 1.807) is 24.3 Å². The van der Waals surface area contributed by atoms with Crippen molar-refractivity contribution < 1.29 is 22.7 Å². The fourth-order valence-electron chi connectivity index (χ4n) is 2.87. The molecule has 2 N–H and O–H groups in total. The summed E-state index contributed by atoms with van der Waals surface area (Å²) >= 11 is 0. The van der Waals surface area contributed by atoms with E-state index in [9.17, 15) is 18.0 Å². The zero-order chi connectivity index (χ0) is 21.2. The summed E-state index contributed by atoms with van der Waals surface area (Å²) in [7, 11) is -3.68. The van der Waals surface area contributed by atoms with E-state index in [-0.39, 0.29) is 10.7 Å². The number of ether oxygens (including phenoxy) is 1. The maximum absolute atomic E-state index is 12.3. The first-order valence-electron chi connectivity index (χ1n) is 8.91. The van der Waals surface area contributed by atoms with Gasteiger partial charge in [-0.3, -0.25) is 19.3 Å². The summed E-state index contributed by atoms with van der Waals surface area (Å²) in [5.74, 6) is -1.14. The number of nitrogens with one attached hydrogen (secondary N) is 2. The van der Waals surface area contributed by atoms with Crippen LogP contribution in [0.1, 0.15) is 23.6 Å². The van der Waals surface area contributed by atoms with Crippen molar-refractivity contribution in [3.05, 3.63) is 59.2 Å². The largest absolute Gasteiger partial charge is 0.451 e. The maximum Gasteiger partial charge on any atom is 0.328 e. The van der Waals surface area contributed by atoms with Gasteiger partial charge in [0.2, 0.25) is 0 Å². The summed E-state index contributed by atoms with van der Waals surface area (Å²) in [6, 6.07) is 11.9. The molecule has 9 heteroatoms. The first kappa shape index (κ1) is 20.5. The first-order valence-corrected chi connectivity index (χ1v) is 10.4. The third kappa shape index (κ3) is 4.62. The van der Waals surface area contributed by atoms with Crippen molar-refractivity contribution in [3.63, 3.8) is 0 Å². The van der Waals surface area contributed by atoms with E-state index in [0.29, 0.717) is 11.3 Å². The molecule has 0 saturated heterocycles. The number of aliphatic imine (C=N–C) groups is 1. The molecule has 1 atom stereocenters. The molecule has 0 saturated carbocycles. The molecule has 2 aromatic carbocycles. The number of hydrogen-bond donors (Lipinski definition) is 2. The smallest absolute Gasteiger partial charge is 0.328 e. The standard InChI is InChI=1S/C20H21N3O5S/c1-12-8-9-16(13(2)10-12)22-20(25)14(3)28-18(24)11-21-19-15-6-4-5-7-17(15)29(26,27)23-19/h4-10,14H,11H2,1-3H3,(H,21,23)(H,22,25)/t14-/m1/s1. The number of anilines is 1. The van der Waals surface area contributed by atoms with Gasteiger partial charge >= 0.3 is 5.97 Å². The monoisotopic (exact) mass is 415 g/mol. The minimum atomic E-state index is -3.68. The lowest BCUT2D eigenvalue weighted by atomic mass is 10.1. The summed E-state index contributed by atoms with van der Waals surface area (Å²) in [4.78, 5) is 28.4. The van der Waals surface area contributed by atoms with E-state index >= 15 is 0 Å². The van der Waals surface area contributed by atoms with E-state index in [2.05, 4.69) is 15.0 Å². The number of esters is 1. The van der Waals surface area contributed by atoms with Crippen LogP contribution in [0.2, 0.25) is 0 Å². The van der Waals surface area contributed by atoms with Crippen LogP contribution in [0.15, 0.2) is 52.4 Å². The van der Waals surface area contributed by atoms with Crippen LogP contribution in [0.25, 0.3) is 0 Å². The molecule has 0 unspecified atom stereocenters. The second-order valence-electron chi connectivity index (χ2n) is 6.71. The Morgan fingerprint density at radius 3 is 2.62 bits per heavy atom. The Morgan fingerprint density at radius 2 is 1.90 bits per heavy atom. The molecule has 1 aliphatic rings. The summed E-state index contributed by atoms with van der Waals surface area (Å²) in [6.07, 6.45) is -1.03. The van der Waals surface area contributed by atoms with E-state index in [1.807, 2.05) is 26.0 Å². The molecule has 8 nitrogen and oxygen atoms in total. The second-order valence-corrected chi connectivity index (χ2v) is 8.36. The van der Waals surface area contributed by atoms with Crippen LogP contribution in [0, 0.1) is 13.8 Å². The Morgan fingerprint density at radius 1 is 1.17 bits per heavy atom. The Labute approximate surface area is 169 Å². The van der Waals surface area contributed by atoms with Crippen molar-refractivity contribution in [1.29, 1.82) is 0 Å². The van der Waals surface area contributed by atoms with Crippen molar-refractivity contribution in [2.24, 2.45) is 4.99 Å². The highest BCUT2D eigenvalue weighted by Crippen LogP contribution is 2.22. The quantitative estimate of drug-likeness (QED) is 0.724. The number of sulfonamides is 1. The lowest BCUT2D eigenvalue weighted by Crippen LogP contribution is -2.31. The Balaban J connectivity index is 1.61. The Kier molecular flexibility index (Phi) is 5.69. The van der Waals surface area contributed by atoms with Gasteiger partial charge in [-0.25, -0.2) is 8.42 Å². The van der Waals surface area contributed by atoms with Crippen LogP contribution >= 0.6 is 0 Å². The first-order chi connectivity index (χ1) is 13.7. The normalized spacial score (nSPS) is 16.6. The summed E-state index contributed by atoms with van der Waals surface area (Å²) in [5, 5.41) is 2.72. The lowest BCUT2D eigenvalue weighted by Gasteiger charge is -2.14. The number of aryl methyl sites for hydroxylation is 2. The minimum absolute atomic E-state index is 0.0740. The van der Waals surface area contributed by atoms with Crippen LogP contribution < -0.4 is 10.0 Å². The number of rotatable bonds is 5. The number of nitrogens with zero attached hydrogens (tertiary/aromatic N) is 1. The zero-order valence-corrected chi connectivity index (χ0v) is 17.0. The van der Waals surface area contributed by atoms with Crippen LogP contribution in [-0.2, 0) is 24.3 Å². The highest BCUT2D eigenvalue weighted by atomic mass is 32.2. The Bertz CT molecular complexity index is 1110. The van der Waals surface area contributed by atoms with Crippen molar-refractivity contribution in [2.75, 3.05) is 11.9 Å². The number of hydrogen-bond acceptors (Lipinski definition) is 6. The molecule has 0 spiro atoms. The number of carbonyl (C=O) groups is 2. The summed E-state index contributed by atoms with van der Waals surface area (Å²) < 4.78 is 31.5. The van der Waals surface area contributed by atoms with Crippen molar-refractivity contribution in [3.8, 4) is 0 Å². The van der Waals surface area contributed by atoms with Crippen LogP contribution in [-0.4, -0.2) is 38.8 Å². The molecule has 0 fully saturated rings. The SMILES string of the molecule is Cc1ccc(NC(=O)[C@@H](C)OC(=O)CN=C2NS(=O)(=O)c3ccccc32)c(C)c1. The van der Waals surface area contributed by atoms with Gasteiger partial charge in [-0.2, -0.15) is 0 Å². The Hall–Kier alpha value is -3.20. The van der Waals surface area contributed by atoms with Gasteiger partial charge in [0.1, 0.15) is 12.4 Å². The lowest BCUT2D eigenvalue weighted by molar-refractivity contribution is -0.151. The highest BCUT2D eigenvalue weighted by Gasteiger charge is 2.30. The minimum Gasteiger partial charge on any atom is -0.451 e. The predicted molar refractivity (Wildman–Crippen MR) is 108 cm³/mol. The third-order valence-corrected chi connectivity index (χ3v) is 5.74. The van der Waals surface area contributed by atoms with Crippen molar-refractivity contribution in [1.82, 2.24) is 4.72 Å². The number of fused-ring (bicyclic) bond motifs is 1. The fourth-order valence-corrected chi connectivity index (χ4v) is 4.12. The molecular formula is C20H21N3O5S. The molecule has 1 aliphatic heterocycles. The van der Waals surface area contributed by atoms with Gasteiger partial charge < -0.3 is 10.1 Å². The number of carbonyl (C=O) groups excluding carboxylic acids is 2. The van der Waals surface area contributed by atoms with Gasteiger partial charge in [0.05, 0.1) is 4.90 Å². The molecule has 3 rings (SSSR count). The molecule has 2 aromatic rings. The third-order valence-electron chi connectivity index (χ3n) is 4.35. The highest BCUT2D eigenvalue weighted by molar-refractivity contribution is 7.90. The van der Waals surface area contributed by atoms with Gasteiger partial charge in [-0.15, -0.1) is 0 Å². The van der Waals surface area contributed by atoms with Gasteiger partial charge in [-0.05, 0) is 44.5 Å². The molecule has 29 heavy (non-hydrogen) atoms. The van der Waals surface area contributed by atoms with Gasteiger partial charge in [-0.1, -0.05) is 29.8 Å². The number of amides is 1. The second kappa shape index (κ2) is 8.04. The predicted octanol–water partition coefficient (Wildman–Crippen LogP) is 1.91. The van der Waals surface area contributed by atoms with Gasteiger partial charge in [0.25, 0.3) is 15.9 Å². The van der Waals surface area contributed by atoms with Crippen molar-refractivity contribution >= 4 is 33.4 Å². The average molecular weight is 415 g/mol. The molecule has 0 radical (unpaired) electrons. The van der Waals surface area contributed by atoms with E-state index in [1.165, 1.54) is 13.0 Å². The van der Waals surface area contributed by atoms with Crippen LogP contribution in [0.4, 0.5) is 5.69 Å².